The van der Waals surface area contributed by atoms with Crippen molar-refractivity contribution in [3.8, 4) is 0 Å². The Kier molecular flexibility index (Phi) is 14.5. The highest BCUT2D eigenvalue weighted by molar-refractivity contribution is 5.73. The van der Waals surface area contributed by atoms with E-state index in [1.54, 1.807) is 0 Å². The number of aliphatic hydroxyl groups excluding tert-OH is 10. The van der Waals surface area contributed by atoms with E-state index in [4.69, 9.17) is 37.9 Å². The first-order chi connectivity index (χ1) is 23.1. The summed E-state index contributed by atoms with van der Waals surface area (Å²) in [6.45, 7) is 4.45. The summed E-state index contributed by atoms with van der Waals surface area (Å²) in [5.41, 5.74) is 0. The van der Waals surface area contributed by atoms with E-state index in [-0.39, 0.29) is 6.61 Å². The number of aliphatic hydroxyl groups is 10. The molecule has 0 spiro atoms. The van der Waals surface area contributed by atoms with Crippen LogP contribution in [0, 0.1) is 0 Å². The molecule has 20 heteroatoms. The SMILES string of the molecule is CCCO[C@@H]1OC(C)[C@H](O)[C@H](O)C1O[C@@H]1OC(C)[C@H](O)[C@H](O[C@H]2O[C@@H](CO)[C@@H](O)C(O)C2O)C1O[C@@H]1OC(CO)[C@@H](O)[C@H](O)C1NC(C)=O. The molecule has 20 atom stereocenters. The van der Waals surface area contributed by atoms with Gasteiger partial charge in [-0.25, -0.2) is 0 Å². The fourth-order valence-electron chi connectivity index (χ4n) is 6.14. The summed E-state index contributed by atoms with van der Waals surface area (Å²) < 4.78 is 47.0. The van der Waals surface area contributed by atoms with Gasteiger partial charge in [0, 0.05) is 13.5 Å². The first-order valence-corrected chi connectivity index (χ1v) is 16.3. The van der Waals surface area contributed by atoms with Crippen molar-refractivity contribution in [2.24, 2.45) is 0 Å². The van der Waals surface area contributed by atoms with Crippen LogP contribution in [0.4, 0.5) is 0 Å². The lowest BCUT2D eigenvalue weighted by atomic mass is 9.95. The van der Waals surface area contributed by atoms with Crippen molar-refractivity contribution in [1.29, 1.82) is 0 Å². The fraction of sp³-hybridized carbons (Fsp3) is 0.966. The number of hydrogen-bond acceptors (Lipinski definition) is 19. The lowest BCUT2D eigenvalue weighted by molar-refractivity contribution is -0.401. The van der Waals surface area contributed by atoms with E-state index in [1.807, 2.05) is 6.92 Å². The number of rotatable bonds is 12. The van der Waals surface area contributed by atoms with Gasteiger partial charge >= 0.3 is 0 Å². The van der Waals surface area contributed by atoms with E-state index < -0.39 is 142 Å². The number of nitrogens with one attached hydrogen (secondary N) is 1. The van der Waals surface area contributed by atoms with Crippen molar-refractivity contribution in [2.45, 2.75) is 157 Å². The minimum absolute atomic E-state index is 0.167. The maximum absolute atomic E-state index is 12.1. The zero-order valence-corrected chi connectivity index (χ0v) is 27.5. The van der Waals surface area contributed by atoms with Gasteiger partial charge in [-0.15, -0.1) is 0 Å². The average molecular weight is 718 g/mol. The summed E-state index contributed by atoms with van der Waals surface area (Å²) in [5, 5.41) is 108. The van der Waals surface area contributed by atoms with E-state index in [1.165, 1.54) is 13.8 Å². The Labute approximate surface area is 281 Å². The predicted molar refractivity (Wildman–Crippen MR) is 157 cm³/mol. The van der Waals surface area contributed by atoms with Gasteiger partial charge in [-0.1, -0.05) is 6.92 Å². The van der Waals surface area contributed by atoms with E-state index in [2.05, 4.69) is 5.32 Å². The number of carbonyl (C=O) groups is 1. The quantitative estimate of drug-likeness (QED) is 0.0895. The molecule has 20 nitrogen and oxygen atoms in total. The fourth-order valence-corrected chi connectivity index (χ4v) is 6.14. The number of amides is 1. The molecule has 4 fully saturated rings. The van der Waals surface area contributed by atoms with Crippen LogP contribution >= 0.6 is 0 Å². The summed E-state index contributed by atoms with van der Waals surface area (Å²) >= 11 is 0. The lowest BCUT2D eigenvalue weighted by Gasteiger charge is -2.50. The second-order valence-electron chi connectivity index (χ2n) is 12.7. The standard InChI is InChI=1S/C29H51NO19/c1-5-6-42-28-24(21(40)15(34)9(2)43-28)48-29-25(49-26-14(30-11(4)33)19(38)17(36)12(7-31)45-26)23(16(35)10(3)44-29)47-27-22(41)20(39)18(37)13(8-32)46-27/h9-10,12-29,31-32,34-41H,5-8H2,1-4H3,(H,30,33)/t9?,10?,12?,13-,14?,15-,16-,17+,18+,19+,20?,21-,22?,23-,24?,25?,26-,27+,28+,29-/m0/s1. The molecular formula is C29H51NO19. The third-order valence-electron chi connectivity index (χ3n) is 9.00. The molecule has 8 unspecified atom stereocenters. The number of hydrogen-bond donors (Lipinski definition) is 11. The van der Waals surface area contributed by atoms with Crippen LogP contribution in [-0.4, -0.2) is 200 Å². The van der Waals surface area contributed by atoms with Crippen molar-refractivity contribution >= 4 is 5.91 Å². The molecule has 0 aromatic carbocycles. The largest absolute Gasteiger partial charge is 0.394 e. The van der Waals surface area contributed by atoms with Crippen molar-refractivity contribution in [3.63, 3.8) is 0 Å². The van der Waals surface area contributed by atoms with Crippen LogP contribution in [0.5, 0.6) is 0 Å². The third kappa shape index (κ3) is 8.87. The van der Waals surface area contributed by atoms with E-state index in [9.17, 15) is 55.9 Å². The summed E-state index contributed by atoms with van der Waals surface area (Å²) in [5.74, 6) is -0.673. The lowest BCUT2D eigenvalue weighted by Crippen LogP contribution is -2.69. The van der Waals surface area contributed by atoms with Crippen LogP contribution in [0.25, 0.3) is 0 Å². The zero-order chi connectivity index (χ0) is 36.3. The van der Waals surface area contributed by atoms with Crippen LogP contribution in [0.2, 0.25) is 0 Å². The third-order valence-corrected chi connectivity index (χ3v) is 9.00. The van der Waals surface area contributed by atoms with Crippen molar-refractivity contribution in [1.82, 2.24) is 5.32 Å². The van der Waals surface area contributed by atoms with Gasteiger partial charge in [0.25, 0.3) is 0 Å². The molecule has 4 saturated heterocycles. The first-order valence-electron chi connectivity index (χ1n) is 16.3. The van der Waals surface area contributed by atoms with Crippen LogP contribution in [0.3, 0.4) is 0 Å². The number of carbonyl (C=O) groups excluding carboxylic acids is 1. The van der Waals surface area contributed by atoms with Gasteiger partial charge in [-0.05, 0) is 20.3 Å². The molecule has 4 aliphatic heterocycles. The van der Waals surface area contributed by atoms with Gasteiger partial charge in [0.15, 0.2) is 25.2 Å². The topological polar surface area (TPSA) is 305 Å². The Morgan fingerprint density at radius 2 is 1.12 bits per heavy atom. The summed E-state index contributed by atoms with van der Waals surface area (Å²) in [6, 6.07) is -1.49. The van der Waals surface area contributed by atoms with Gasteiger partial charge in [0.05, 0.1) is 25.4 Å². The van der Waals surface area contributed by atoms with Crippen LogP contribution in [0.15, 0.2) is 0 Å². The van der Waals surface area contributed by atoms with Gasteiger partial charge in [-0.3, -0.25) is 4.79 Å². The maximum Gasteiger partial charge on any atom is 0.217 e. The molecule has 0 aliphatic carbocycles. The molecular weight excluding hydrogens is 666 g/mol. The molecule has 1 amide bonds. The molecule has 0 radical (unpaired) electrons. The molecule has 0 bridgehead atoms. The Morgan fingerprint density at radius 3 is 1.71 bits per heavy atom. The van der Waals surface area contributed by atoms with Crippen LogP contribution in [-0.2, 0) is 42.7 Å². The van der Waals surface area contributed by atoms with Crippen molar-refractivity contribution in [3.05, 3.63) is 0 Å². The van der Waals surface area contributed by atoms with Gasteiger partial charge in [0.1, 0.15) is 85.4 Å². The van der Waals surface area contributed by atoms with Crippen LogP contribution < -0.4 is 5.32 Å². The average Bonchev–Trinajstić information content (AvgIpc) is 3.07. The molecule has 0 aromatic rings. The highest BCUT2D eigenvalue weighted by Crippen LogP contribution is 2.36. The molecule has 11 N–H and O–H groups in total. The minimum Gasteiger partial charge on any atom is -0.394 e. The molecule has 0 aromatic heterocycles. The highest BCUT2D eigenvalue weighted by atomic mass is 16.8. The molecule has 49 heavy (non-hydrogen) atoms. The van der Waals surface area contributed by atoms with E-state index in [0.29, 0.717) is 6.42 Å². The molecule has 4 aliphatic rings. The van der Waals surface area contributed by atoms with Crippen molar-refractivity contribution in [2.75, 3.05) is 19.8 Å². The zero-order valence-electron chi connectivity index (χ0n) is 27.5. The predicted octanol–water partition coefficient (Wildman–Crippen LogP) is -6.12. The van der Waals surface area contributed by atoms with Gasteiger partial charge in [0.2, 0.25) is 5.91 Å². The minimum atomic E-state index is -1.92. The molecule has 0 saturated carbocycles. The normalized spacial score (nSPS) is 49.4. The monoisotopic (exact) mass is 717 g/mol. The molecule has 286 valence electrons. The second-order valence-corrected chi connectivity index (χ2v) is 12.7. The smallest absolute Gasteiger partial charge is 0.217 e. The van der Waals surface area contributed by atoms with Gasteiger partial charge < -0.3 is 94.3 Å². The van der Waals surface area contributed by atoms with Crippen molar-refractivity contribution < 1.29 is 93.8 Å². The molecule has 4 heterocycles. The number of ether oxygens (including phenoxy) is 8. The van der Waals surface area contributed by atoms with E-state index >= 15 is 0 Å². The maximum atomic E-state index is 12.1. The second kappa shape index (κ2) is 17.5. The Hall–Kier alpha value is -1.25. The first kappa shape index (κ1) is 40.5. The van der Waals surface area contributed by atoms with E-state index in [0.717, 1.165) is 6.92 Å². The Morgan fingerprint density at radius 1 is 0.592 bits per heavy atom. The highest BCUT2D eigenvalue weighted by Gasteiger charge is 2.56. The van der Waals surface area contributed by atoms with Crippen LogP contribution in [0.1, 0.15) is 34.1 Å². The Balaban J connectivity index is 1.73. The summed E-state index contributed by atoms with van der Waals surface area (Å²) in [6.07, 6.45) is -29.3. The summed E-state index contributed by atoms with van der Waals surface area (Å²) in [7, 11) is 0. The molecule has 4 rings (SSSR count). The summed E-state index contributed by atoms with van der Waals surface area (Å²) in [4.78, 5) is 12.1. The Bertz CT molecular complexity index is 1040. The van der Waals surface area contributed by atoms with Gasteiger partial charge in [-0.2, -0.15) is 0 Å².